The molecular formula is C26H35NO2S. The summed E-state index contributed by atoms with van der Waals surface area (Å²) in [6.45, 7) is 6.63. The topological polar surface area (TPSA) is 37.4 Å². The fourth-order valence-corrected chi connectivity index (χ4v) is 4.42. The highest BCUT2D eigenvalue weighted by molar-refractivity contribution is 7.89. The lowest BCUT2D eigenvalue weighted by Crippen LogP contribution is -2.25. The quantitative estimate of drug-likeness (QED) is 0.271. The van der Waals surface area contributed by atoms with Crippen LogP contribution in [0.2, 0.25) is 0 Å². The third-order valence-electron chi connectivity index (χ3n) is 5.05. The summed E-state index contributed by atoms with van der Waals surface area (Å²) < 4.78 is 28.2. The van der Waals surface area contributed by atoms with E-state index in [4.69, 9.17) is 0 Å². The van der Waals surface area contributed by atoms with Gasteiger partial charge in [0, 0.05) is 6.20 Å². The minimum atomic E-state index is -3.64. The monoisotopic (exact) mass is 425 g/mol. The average molecular weight is 426 g/mol. The molecular weight excluding hydrogens is 390 g/mol. The zero-order valence-electron chi connectivity index (χ0n) is 18.5. The second-order valence-electron chi connectivity index (χ2n) is 7.69. The van der Waals surface area contributed by atoms with Crippen molar-refractivity contribution in [2.24, 2.45) is 0 Å². The molecule has 0 aliphatic carbocycles. The zero-order chi connectivity index (χ0) is 21.8. The van der Waals surface area contributed by atoms with Crippen molar-refractivity contribution in [3.05, 3.63) is 89.6 Å². The van der Waals surface area contributed by atoms with Crippen LogP contribution in [0.25, 0.3) is 0 Å². The second-order valence-corrected chi connectivity index (χ2v) is 9.58. The summed E-state index contributed by atoms with van der Waals surface area (Å²) in [7, 11) is -3.64. The van der Waals surface area contributed by atoms with Crippen LogP contribution in [0, 0.1) is 6.92 Å². The van der Waals surface area contributed by atoms with Crippen molar-refractivity contribution in [1.29, 1.82) is 0 Å². The number of benzene rings is 2. The normalized spacial score (nSPS) is 12.4. The van der Waals surface area contributed by atoms with Crippen molar-refractivity contribution in [3.63, 3.8) is 0 Å². The summed E-state index contributed by atoms with van der Waals surface area (Å²) in [6, 6.07) is 16.8. The van der Waals surface area contributed by atoms with Gasteiger partial charge in [0.25, 0.3) is 10.0 Å². The largest absolute Gasteiger partial charge is 0.269 e. The summed E-state index contributed by atoms with van der Waals surface area (Å²) >= 11 is 0. The number of hydrogen-bond acceptors (Lipinski definition) is 2. The number of rotatable bonds is 12. The molecule has 0 heterocycles. The molecule has 2 aromatic carbocycles. The lowest BCUT2D eigenvalue weighted by atomic mass is 10.1. The lowest BCUT2D eigenvalue weighted by molar-refractivity contribution is 0.495. The third kappa shape index (κ3) is 7.49. The Morgan fingerprint density at radius 2 is 1.60 bits per heavy atom. The van der Waals surface area contributed by atoms with Crippen LogP contribution in [-0.4, -0.2) is 12.7 Å². The van der Waals surface area contributed by atoms with Gasteiger partial charge >= 0.3 is 0 Å². The fraction of sp³-hybridized carbons (Fsp3) is 0.385. The summed E-state index contributed by atoms with van der Waals surface area (Å²) in [5.74, 6) is 0. The summed E-state index contributed by atoms with van der Waals surface area (Å²) in [5, 5.41) is 0. The number of unbranched alkanes of at least 4 members (excludes halogenated alkanes) is 3. The van der Waals surface area contributed by atoms with Gasteiger partial charge < -0.3 is 0 Å². The summed E-state index contributed by atoms with van der Waals surface area (Å²) in [6.07, 6.45) is 12.5. The predicted octanol–water partition coefficient (Wildman–Crippen LogP) is 7.01. The molecule has 0 amide bonds. The third-order valence-corrected chi connectivity index (χ3v) is 6.78. The van der Waals surface area contributed by atoms with Crippen LogP contribution in [0.15, 0.2) is 83.4 Å². The van der Waals surface area contributed by atoms with Gasteiger partial charge in [0.1, 0.15) is 0 Å². The first-order valence-electron chi connectivity index (χ1n) is 11.0. The molecule has 0 fully saturated rings. The maximum atomic E-state index is 13.4. The van der Waals surface area contributed by atoms with E-state index < -0.39 is 10.0 Å². The van der Waals surface area contributed by atoms with Crippen molar-refractivity contribution in [2.45, 2.75) is 70.7 Å². The van der Waals surface area contributed by atoms with E-state index in [1.165, 1.54) is 9.88 Å². The second kappa shape index (κ2) is 12.4. The molecule has 0 aliphatic rings. The smallest absolute Gasteiger partial charge is 0.264 e. The molecule has 0 N–H and O–H groups in total. The number of hydrogen-bond donors (Lipinski definition) is 0. The Balaban J connectivity index is 2.35. The Bertz CT molecular complexity index is 913. The van der Waals surface area contributed by atoms with Crippen molar-refractivity contribution < 1.29 is 8.42 Å². The maximum absolute atomic E-state index is 13.4. The van der Waals surface area contributed by atoms with Gasteiger partial charge in [-0.1, -0.05) is 92.8 Å². The van der Waals surface area contributed by atoms with Crippen molar-refractivity contribution in [1.82, 2.24) is 4.31 Å². The van der Waals surface area contributed by atoms with Gasteiger partial charge in [0.2, 0.25) is 0 Å². The first kappa shape index (κ1) is 23.9. The number of sulfonamides is 1. The highest BCUT2D eigenvalue weighted by atomic mass is 32.2. The van der Waals surface area contributed by atoms with Crippen LogP contribution in [0.4, 0.5) is 0 Å². The molecule has 162 valence electrons. The number of aryl methyl sites for hydroxylation is 1. The van der Waals surface area contributed by atoms with E-state index in [0.717, 1.165) is 49.7 Å². The van der Waals surface area contributed by atoms with Gasteiger partial charge in [-0.3, -0.25) is 4.31 Å². The molecule has 30 heavy (non-hydrogen) atoms. The molecule has 0 saturated heterocycles. The highest BCUT2D eigenvalue weighted by Crippen LogP contribution is 2.21. The van der Waals surface area contributed by atoms with E-state index in [9.17, 15) is 8.42 Å². The first-order chi connectivity index (χ1) is 14.5. The van der Waals surface area contributed by atoms with E-state index in [1.807, 2.05) is 55.5 Å². The highest BCUT2D eigenvalue weighted by Gasteiger charge is 2.21. The molecule has 3 nitrogen and oxygen atoms in total. The molecule has 0 aliphatic heterocycles. The van der Waals surface area contributed by atoms with Crippen LogP contribution >= 0.6 is 0 Å². The van der Waals surface area contributed by atoms with Crippen molar-refractivity contribution in [3.8, 4) is 0 Å². The molecule has 0 unspecified atom stereocenters. The number of nitrogens with zero attached hydrogens (tertiary/aromatic N) is 1. The Morgan fingerprint density at radius 1 is 0.933 bits per heavy atom. The molecule has 0 radical (unpaired) electrons. The molecule has 4 heteroatoms. The number of allylic oxidation sites excluding steroid dienone is 3. The minimum absolute atomic E-state index is 0.309. The van der Waals surface area contributed by atoms with Gasteiger partial charge in [-0.15, -0.1) is 0 Å². The molecule has 2 rings (SSSR count). The van der Waals surface area contributed by atoms with E-state index in [2.05, 4.69) is 19.9 Å². The van der Waals surface area contributed by atoms with E-state index in [-0.39, 0.29) is 0 Å². The van der Waals surface area contributed by atoms with Crippen LogP contribution < -0.4 is 0 Å². The Hall–Kier alpha value is -2.33. The van der Waals surface area contributed by atoms with Gasteiger partial charge in [-0.25, -0.2) is 8.42 Å². The molecule has 2 aromatic rings. The van der Waals surface area contributed by atoms with E-state index in [0.29, 0.717) is 11.4 Å². The van der Waals surface area contributed by atoms with Crippen LogP contribution in [0.3, 0.4) is 0 Å². The van der Waals surface area contributed by atoms with Crippen molar-refractivity contribution in [2.75, 3.05) is 0 Å². The molecule has 0 spiro atoms. The minimum Gasteiger partial charge on any atom is -0.269 e. The van der Waals surface area contributed by atoms with E-state index in [1.54, 1.807) is 18.3 Å². The van der Waals surface area contributed by atoms with Gasteiger partial charge in [0.05, 0.1) is 11.4 Å². The Kier molecular flexibility index (Phi) is 9.88. The average Bonchev–Trinajstić information content (AvgIpc) is 2.75. The predicted molar refractivity (Wildman–Crippen MR) is 127 cm³/mol. The lowest BCUT2D eigenvalue weighted by Gasteiger charge is -2.21. The van der Waals surface area contributed by atoms with Gasteiger partial charge in [0.15, 0.2) is 0 Å². The molecule has 0 saturated carbocycles. The van der Waals surface area contributed by atoms with Crippen LogP contribution in [-0.2, 0) is 16.6 Å². The zero-order valence-corrected chi connectivity index (χ0v) is 19.4. The Labute approximate surface area is 183 Å². The molecule has 0 aromatic heterocycles. The molecule has 0 bridgehead atoms. The standard InChI is InChI=1S/C26H35NO2S/c1-4-6-9-13-24(12-7-5-2)20-21-27(22-25-14-10-8-11-15-25)30(28,29)26-18-16-23(3)17-19-26/h8,10-11,13-21H,4-7,9,12,22H2,1-3H3/b21-20+,24-13+. The summed E-state index contributed by atoms with van der Waals surface area (Å²) in [5.41, 5.74) is 3.21. The first-order valence-corrected chi connectivity index (χ1v) is 12.4. The van der Waals surface area contributed by atoms with Gasteiger partial charge in [-0.05, 0) is 50.0 Å². The van der Waals surface area contributed by atoms with Crippen molar-refractivity contribution >= 4 is 10.0 Å². The fourth-order valence-electron chi connectivity index (χ4n) is 3.13. The van der Waals surface area contributed by atoms with Gasteiger partial charge in [-0.2, -0.15) is 0 Å². The SMILES string of the molecule is CCCC/C=C(/C=C/N(Cc1ccccc1)S(=O)(=O)c1ccc(C)cc1)CCCC. The van der Waals surface area contributed by atoms with Crippen LogP contribution in [0.1, 0.15) is 63.5 Å². The molecule has 0 atom stereocenters. The van der Waals surface area contributed by atoms with E-state index >= 15 is 0 Å². The van der Waals surface area contributed by atoms with Crippen LogP contribution in [0.5, 0.6) is 0 Å². The summed E-state index contributed by atoms with van der Waals surface area (Å²) in [4.78, 5) is 0.318. The maximum Gasteiger partial charge on any atom is 0.264 e. The Morgan fingerprint density at radius 3 is 2.23 bits per heavy atom.